The molecule has 1 amide bonds. The topological polar surface area (TPSA) is 73.2 Å². The second kappa shape index (κ2) is 9.32. The van der Waals surface area contributed by atoms with E-state index < -0.39 is 5.25 Å². The van der Waals surface area contributed by atoms with Crippen LogP contribution in [0.2, 0.25) is 0 Å². The third-order valence-corrected chi connectivity index (χ3v) is 6.62. The van der Waals surface area contributed by atoms with Crippen LogP contribution in [0.5, 0.6) is 0 Å². The predicted molar refractivity (Wildman–Crippen MR) is 123 cm³/mol. The van der Waals surface area contributed by atoms with E-state index in [-0.39, 0.29) is 17.6 Å². The number of aromatic nitrogens is 2. The average molecular weight is 488 g/mol. The molecule has 1 aromatic heterocycles. The lowest BCUT2D eigenvalue weighted by atomic mass is 10.2. The van der Waals surface area contributed by atoms with Crippen LogP contribution in [0.4, 0.5) is 5.69 Å². The Morgan fingerprint density at radius 2 is 2.07 bits per heavy atom. The van der Waals surface area contributed by atoms with Crippen molar-refractivity contribution in [3.05, 3.63) is 63.4 Å². The Kier molecular flexibility index (Phi) is 6.55. The molecule has 0 spiro atoms. The number of amides is 1. The van der Waals surface area contributed by atoms with Gasteiger partial charge in [0.05, 0.1) is 28.8 Å². The highest BCUT2D eigenvalue weighted by molar-refractivity contribution is 9.10. The molecule has 0 bridgehead atoms. The first-order valence-corrected chi connectivity index (χ1v) is 11.5. The molecule has 0 saturated carbocycles. The van der Waals surface area contributed by atoms with Crippen LogP contribution in [0, 0.1) is 0 Å². The van der Waals surface area contributed by atoms with Crippen molar-refractivity contribution in [2.75, 3.05) is 11.9 Å². The number of fused-ring (bicyclic) bond motifs is 1. The van der Waals surface area contributed by atoms with Gasteiger partial charge >= 0.3 is 0 Å². The molecular weight excluding hydrogens is 466 g/mol. The van der Waals surface area contributed by atoms with Crippen molar-refractivity contribution in [1.29, 1.82) is 0 Å². The Hall–Kier alpha value is -2.16. The molecule has 0 aliphatic carbocycles. The molecule has 0 radical (unpaired) electrons. The van der Waals surface area contributed by atoms with Crippen LogP contribution in [-0.4, -0.2) is 33.4 Å². The summed E-state index contributed by atoms with van der Waals surface area (Å²) in [6, 6.07) is 14.7. The van der Waals surface area contributed by atoms with Gasteiger partial charge in [-0.25, -0.2) is 4.98 Å². The van der Waals surface area contributed by atoms with Crippen molar-refractivity contribution < 1.29 is 9.53 Å². The number of carbonyl (C=O) groups excluding carboxylic acids is 1. The Morgan fingerprint density at radius 1 is 1.30 bits per heavy atom. The molecule has 2 atom stereocenters. The molecule has 2 aromatic carbocycles. The summed E-state index contributed by atoms with van der Waals surface area (Å²) in [5, 5.41) is 3.59. The molecule has 0 unspecified atom stereocenters. The predicted octanol–water partition coefficient (Wildman–Crippen LogP) is 4.46. The summed E-state index contributed by atoms with van der Waals surface area (Å²) in [6.07, 6.45) is 1.91. The van der Waals surface area contributed by atoms with Gasteiger partial charge in [-0.1, -0.05) is 39.8 Å². The van der Waals surface area contributed by atoms with Crippen molar-refractivity contribution in [1.82, 2.24) is 9.55 Å². The van der Waals surface area contributed by atoms with E-state index >= 15 is 0 Å². The Bertz CT molecular complexity index is 1110. The molecular formula is C22H22BrN3O3S. The zero-order valence-electron chi connectivity index (χ0n) is 16.5. The minimum absolute atomic E-state index is 0.00286. The third kappa shape index (κ3) is 4.77. The van der Waals surface area contributed by atoms with Crippen LogP contribution in [-0.2, 0) is 16.1 Å². The van der Waals surface area contributed by atoms with Gasteiger partial charge in [0.25, 0.3) is 5.56 Å². The number of nitrogens with zero attached hydrogens (tertiary/aromatic N) is 2. The van der Waals surface area contributed by atoms with Crippen LogP contribution < -0.4 is 10.9 Å². The first kappa shape index (κ1) is 21.1. The maximum absolute atomic E-state index is 13.2. The smallest absolute Gasteiger partial charge is 0.262 e. The van der Waals surface area contributed by atoms with Gasteiger partial charge in [0.15, 0.2) is 5.16 Å². The van der Waals surface area contributed by atoms with Crippen molar-refractivity contribution in [2.24, 2.45) is 0 Å². The fourth-order valence-corrected chi connectivity index (χ4v) is 4.56. The fourth-order valence-electron chi connectivity index (χ4n) is 3.38. The number of para-hydroxylation sites is 1. The number of carbonyl (C=O) groups is 1. The minimum Gasteiger partial charge on any atom is -0.376 e. The van der Waals surface area contributed by atoms with E-state index in [9.17, 15) is 9.59 Å². The SMILES string of the molecule is C[C@@H](Sc1nc2ccccc2c(=O)n1C[C@@H]1CCCO1)C(=O)Nc1ccc(Br)cc1. The molecule has 3 aromatic rings. The normalized spacial score (nSPS) is 17.2. The highest BCUT2D eigenvalue weighted by atomic mass is 79.9. The maximum Gasteiger partial charge on any atom is 0.262 e. The molecule has 8 heteroatoms. The highest BCUT2D eigenvalue weighted by Crippen LogP contribution is 2.25. The van der Waals surface area contributed by atoms with Crippen LogP contribution >= 0.6 is 27.7 Å². The zero-order valence-corrected chi connectivity index (χ0v) is 18.9. The van der Waals surface area contributed by atoms with Crippen molar-refractivity contribution in [3.8, 4) is 0 Å². The summed E-state index contributed by atoms with van der Waals surface area (Å²) in [4.78, 5) is 30.6. The van der Waals surface area contributed by atoms with Crippen molar-refractivity contribution in [3.63, 3.8) is 0 Å². The summed E-state index contributed by atoms with van der Waals surface area (Å²) >= 11 is 4.68. The summed E-state index contributed by atoms with van der Waals surface area (Å²) in [6.45, 7) is 2.98. The monoisotopic (exact) mass is 487 g/mol. The second-order valence-electron chi connectivity index (χ2n) is 7.22. The van der Waals surface area contributed by atoms with Gasteiger partial charge in [-0.05, 0) is 56.2 Å². The third-order valence-electron chi connectivity index (χ3n) is 5.00. The average Bonchev–Trinajstić information content (AvgIpc) is 3.26. The number of anilines is 1. The molecule has 1 aliphatic heterocycles. The largest absolute Gasteiger partial charge is 0.376 e. The summed E-state index contributed by atoms with van der Waals surface area (Å²) in [7, 11) is 0. The molecule has 30 heavy (non-hydrogen) atoms. The number of benzene rings is 2. The molecule has 1 aliphatic rings. The van der Waals surface area contributed by atoms with E-state index in [2.05, 4.69) is 21.2 Å². The van der Waals surface area contributed by atoms with Crippen LogP contribution in [0.1, 0.15) is 19.8 Å². The number of hydrogen-bond donors (Lipinski definition) is 1. The van der Waals surface area contributed by atoms with E-state index in [0.29, 0.717) is 22.6 Å². The Labute approximate surface area is 187 Å². The van der Waals surface area contributed by atoms with E-state index in [4.69, 9.17) is 9.72 Å². The minimum atomic E-state index is -0.433. The van der Waals surface area contributed by atoms with E-state index in [1.807, 2.05) is 49.4 Å². The van der Waals surface area contributed by atoms with Crippen molar-refractivity contribution in [2.45, 2.75) is 42.8 Å². The zero-order chi connectivity index (χ0) is 21.1. The summed E-state index contributed by atoms with van der Waals surface area (Å²) < 4.78 is 8.35. The Morgan fingerprint density at radius 3 is 2.80 bits per heavy atom. The van der Waals surface area contributed by atoms with E-state index in [1.54, 1.807) is 10.6 Å². The number of rotatable bonds is 6. The van der Waals surface area contributed by atoms with Gasteiger partial charge in [-0.3, -0.25) is 14.2 Å². The first-order valence-electron chi connectivity index (χ1n) is 9.85. The molecule has 6 nitrogen and oxygen atoms in total. The fraction of sp³-hybridized carbons (Fsp3) is 0.318. The number of thioether (sulfide) groups is 1. The quantitative estimate of drug-likeness (QED) is 0.410. The van der Waals surface area contributed by atoms with Gasteiger partial charge in [0.1, 0.15) is 0 Å². The van der Waals surface area contributed by atoms with Gasteiger partial charge in [0.2, 0.25) is 5.91 Å². The summed E-state index contributed by atoms with van der Waals surface area (Å²) in [5.74, 6) is -0.145. The molecule has 1 N–H and O–H groups in total. The first-order chi connectivity index (χ1) is 14.5. The molecule has 2 heterocycles. The van der Waals surface area contributed by atoms with Gasteiger partial charge < -0.3 is 10.1 Å². The Balaban J connectivity index is 1.60. The van der Waals surface area contributed by atoms with Gasteiger partial charge in [0, 0.05) is 16.8 Å². The lowest BCUT2D eigenvalue weighted by molar-refractivity contribution is -0.115. The number of halogens is 1. The van der Waals surface area contributed by atoms with Gasteiger partial charge in [-0.15, -0.1) is 0 Å². The van der Waals surface area contributed by atoms with E-state index in [0.717, 1.165) is 29.6 Å². The molecule has 1 saturated heterocycles. The van der Waals surface area contributed by atoms with Crippen LogP contribution in [0.3, 0.4) is 0 Å². The highest BCUT2D eigenvalue weighted by Gasteiger charge is 2.23. The van der Waals surface area contributed by atoms with Crippen molar-refractivity contribution >= 4 is 50.2 Å². The standard InChI is InChI=1S/C22H22BrN3O3S/c1-14(20(27)24-16-10-8-15(23)9-11-16)30-22-25-19-7-3-2-6-18(19)21(28)26(22)13-17-5-4-12-29-17/h2-3,6-11,14,17H,4-5,12-13H2,1H3,(H,24,27)/t14-,17+/m1/s1. The lowest BCUT2D eigenvalue weighted by Crippen LogP contribution is -2.30. The number of hydrogen-bond acceptors (Lipinski definition) is 5. The molecule has 156 valence electrons. The number of nitrogens with one attached hydrogen (secondary N) is 1. The van der Waals surface area contributed by atoms with E-state index in [1.165, 1.54) is 11.8 Å². The molecule has 1 fully saturated rings. The van der Waals surface area contributed by atoms with Gasteiger partial charge in [-0.2, -0.15) is 0 Å². The van der Waals surface area contributed by atoms with Crippen LogP contribution in [0.15, 0.2) is 63.0 Å². The second-order valence-corrected chi connectivity index (χ2v) is 9.44. The van der Waals surface area contributed by atoms with Crippen LogP contribution in [0.25, 0.3) is 10.9 Å². The summed E-state index contributed by atoms with van der Waals surface area (Å²) in [5.41, 5.74) is 1.26. The number of ether oxygens (including phenoxy) is 1. The maximum atomic E-state index is 13.2. The molecule has 4 rings (SSSR count). The lowest BCUT2D eigenvalue weighted by Gasteiger charge is -2.18.